The SMILES string of the molecule is O=C(CCNC(=O)C12CC3CC(CC(C3)C1)C2)Nc1nc(-c2ccc(F)c(F)c2)cs1. The second kappa shape index (κ2) is 7.97. The van der Waals surface area contributed by atoms with Crippen LogP contribution in [0.3, 0.4) is 0 Å². The number of benzene rings is 1. The molecule has 0 spiro atoms. The molecule has 2 amide bonds. The molecule has 4 saturated carbocycles. The van der Waals surface area contributed by atoms with Gasteiger partial charge in [-0.1, -0.05) is 0 Å². The maximum atomic E-state index is 13.4. The van der Waals surface area contributed by atoms with E-state index in [1.807, 2.05) is 0 Å². The minimum Gasteiger partial charge on any atom is -0.355 e. The van der Waals surface area contributed by atoms with E-state index in [4.69, 9.17) is 0 Å². The van der Waals surface area contributed by atoms with Gasteiger partial charge in [0.1, 0.15) is 0 Å². The third kappa shape index (κ3) is 4.10. The van der Waals surface area contributed by atoms with Crippen molar-refractivity contribution in [3.8, 4) is 11.3 Å². The smallest absolute Gasteiger partial charge is 0.227 e. The molecular weight excluding hydrogens is 420 g/mol. The second-order valence-corrected chi connectivity index (χ2v) is 10.3. The number of hydrogen-bond donors (Lipinski definition) is 2. The molecule has 0 unspecified atom stereocenters. The average molecular weight is 446 g/mol. The third-order valence-electron chi connectivity index (χ3n) is 7.12. The summed E-state index contributed by atoms with van der Waals surface area (Å²) in [7, 11) is 0. The average Bonchev–Trinajstić information content (AvgIpc) is 3.17. The van der Waals surface area contributed by atoms with Gasteiger partial charge in [0.2, 0.25) is 11.8 Å². The lowest BCUT2D eigenvalue weighted by atomic mass is 9.49. The summed E-state index contributed by atoms with van der Waals surface area (Å²) >= 11 is 1.21. The van der Waals surface area contributed by atoms with Crippen molar-refractivity contribution in [2.24, 2.45) is 23.2 Å². The highest BCUT2D eigenvalue weighted by Crippen LogP contribution is 2.60. The van der Waals surface area contributed by atoms with E-state index >= 15 is 0 Å². The highest BCUT2D eigenvalue weighted by molar-refractivity contribution is 7.14. The lowest BCUT2D eigenvalue weighted by Gasteiger charge is -2.55. The van der Waals surface area contributed by atoms with Crippen molar-refractivity contribution in [2.45, 2.75) is 44.9 Å². The van der Waals surface area contributed by atoms with Crippen LogP contribution in [0, 0.1) is 34.8 Å². The van der Waals surface area contributed by atoms with Gasteiger partial charge in [0.05, 0.1) is 5.69 Å². The molecule has 2 aromatic rings. The highest BCUT2D eigenvalue weighted by atomic mass is 32.1. The summed E-state index contributed by atoms with van der Waals surface area (Å²) in [4.78, 5) is 29.5. The standard InChI is InChI=1S/C23H25F2N3O2S/c24-17-2-1-16(8-18(17)25)19-12-31-22(27-19)28-20(29)3-4-26-21(30)23-9-13-5-14(10-23)7-15(6-13)11-23/h1-2,8,12-15H,3-7,9-11H2,(H,26,30)(H,27,28,29). The van der Waals surface area contributed by atoms with Crippen LogP contribution < -0.4 is 10.6 Å². The first kappa shape index (κ1) is 20.5. The Morgan fingerprint density at radius 3 is 2.39 bits per heavy atom. The molecule has 0 radical (unpaired) electrons. The number of thiazole rings is 1. The van der Waals surface area contributed by atoms with Crippen LogP contribution >= 0.6 is 11.3 Å². The number of amides is 2. The van der Waals surface area contributed by atoms with Crippen LogP contribution in [0.5, 0.6) is 0 Å². The van der Waals surface area contributed by atoms with Crippen molar-refractivity contribution in [1.82, 2.24) is 10.3 Å². The number of aromatic nitrogens is 1. The Morgan fingerprint density at radius 1 is 1.06 bits per heavy atom. The quantitative estimate of drug-likeness (QED) is 0.674. The third-order valence-corrected chi connectivity index (χ3v) is 7.88. The number of carbonyl (C=O) groups excluding carboxylic acids is 2. The number of nitrogens with one attached hydrogen (secondary N) is 2. The molecule has 0 atom stereocenters. The first-order valence-corrected chi connectivity index (χ1v) is 11.8. The zero-order valence-electron chi connectivity index (χ0n) is 17.1. The maximum Gasteiger partial charge on any atom is 0.227 e. The van der Waals surface area contributed by atoms with Crippen molar-refractivity contribution in [3.05, 3.63) is 35.2 Å². The van der Waals surface area contributed by atoms with Crippen LogP contribution in [0.4, 0.5) is 13.9 Å². The van der Waals surface area contributed by atoms with Crippen LogP contribution in [0.2, 0.25) is 0 Å². The van der Waals surface area contributed by atoms with E-state index in [-0.39, 0.29) is 23.7 Å². The monoisotopic (exact) mass is 445 g/mol. The summed E-state index contributed by atoms with van der Waals surface area (Å²) in [5, 5.41) is 7.79. The number of rotatable bonds is 6. The zero-order valence-corrected chi connectivity index (χ0v) is 17.9. The molecule has 1 aromatic heterocycles. The Kier molecular flexibility index (Phi) is 5.28. The molecule has 8 heteroatoms. The summed E-state index contributed by atoms with van der Waals surface area (Å²) in [6, 6.07) is 3.57. The van der Waals surface area contributed by atoms with Gasteiger partial charge in [-0.25, -0.2) is 13.8 Å². The van der Waals surface area contributed by atoms with Crippen molar-refractivity contribution in [2.75, 3.05) is 11.9 Å². The minimum atomic E-state index is -0.939. The number of halogens is 2. The van der Waals surface area contributed by atoms with Gasteiger partial charge in [-0.2, -0.15) is 0 Å². The topological polar surface area (TPSA) is 71.1 Å². The molecule has 6 rings (SSSR count). The van der Waals surface area contributed by atoms with Crippen LogP contribution in [-0.2, 0) is 9.59 Å². The lowest BCUT2D eigenvalue weighted by Crippen LogP contribution is -2.53. The van der Waals surface area contributed by atoms with Crippen molar-refractivity contribution >= 4 is 28.3 Å². The molecule has 1 heterocycles. The van der Waals surface area contributed by atoms with Crippen LogP contribution in [0.25, 0.3) is 11.3 Å². The Balaban J connectivity index is 1.12. The Labute approximate surface area is 183 Å². The van der Waals surface area contributed by atoms with Crippen LogP contribution in [-0.4, -0.2) is 23.3 Å². The van der Waals surface area contributed by atoms with Crippen molar-refractivity contribution < 1.29 is 18.4 Å². The van der Waals surface area contributed by atoms with E-state index in [0.717, 1.165) is 31.4 Å². The Morgan fingerprint density at radius 2 is 1.74 bits per heavy atom. The van der Waals surface area contributed by atoms with E-state index in [0.29, 0.717) is 40.7 Å². The number of carbonyl (C=O) groups is 2. The van der Waals surface area contributed by atoms with Crippen molar-refractivity contribution in [3.63, 3.8) is 0 Å². The maximum absolute atomic E-state index is 13.4. The highest BCUT2D eigenvalue weighted by Gasteiger charge is 2.54. The normalized spacial score (nSPS) is 28.5. The first-order chi connectivity index (χ1) is 14.9. The molecule has 4 aliphatic carbocycles. The van der Waals surface area contributed by atoms with E-state index in [1.165, 1.54) is 36.7 Å². The fraction of sp³-hybridized carbons (Fsp3) is 0.522. The summed E-state index contributed by atoms with van der Waals surface area (Å²) in [5.74, 6) is 0.136. The van der Waals surface area contributed by atoms with Gasteiger partial charge in [-0.05, 0) is 74.5 Å². The molecule has 0 aliphatic heterocycles. The Bertz CT molecular complexity index is 987. The molecule has 4 aliphatic rings. The van der Waals surface area contributed by atoms with Crippen LogP contribution in [0.1, 0.15) is 44.9 Å². The molecule has 4 bridgehead atoms. The summed E-state index contributed by atoms with van der Waals surface area (Å²) in [6.45, 7) is 0.299. The fourth-order valence-electron chi connectivity index (χ4n) is 6.17. The van der Waals surface area contributed by atoms with E-state index < -0.39 is 11.6 Å². The largest absolute Gasteiger partial charge is 0.355 e. The second-order valence-electron chi connectivity index (χ2n) is 9.42. The summed E-state index contributed by atoms with van der Waals surface area (Å²) in [6.07, 6.45) is 7.03. The predicted molar refractivity (Wildman–Crippen MR) is 114 cm³/mol. The van der Waals surface area contributed by atoms with Gasteiger partial charge in [0, 0.05) is 29.3 Å². The van der Waals surface area contributed by atoms with Crippen molar-refractivity contribution in [1.29, 1.82) is 0 Å². The summed E-state index contributed by atoms with van der Waals surface area (Å²) < 4.78 is 26.5. The number of nitrogens with zero attached hydrogens (tertiary/aromatic N) is 1. The molecule has 0 saturated heterocycles. The predicted octanol–water partition coefficient (Wildman–Crippen LogP) is 4.75. The Hall–Kier alpha value is -2.35. The fourth-order valence-corrected chi connectivity index (χ4v) is 6.90. The van der Waals surface area contributed by atoms with E-state index in [9.17, 15) is 18.4 Å². The molecule has 5 nitrogen and oxygen atoms in total. The molecule has 164 valence electrons. The first-order valence-electron chi connectivity index (χ1n) is 10.9. The number of anilines is 1. The van der Waals surface area contributed by atoms with Gasteiger partial charge in [-0.3, -0.25) is 9.59 Å². The van der Waals surface area contributed by atoms with E-state index in [1.54, 1.807) is 5.38 Å². The van der Waals surface area contributed by atoms with Crippen LogP contribution in [0.15, 0.2) is 23.6 Å². The minimum absolute atomic E-state index is 0.120. The lowest BCUT2D eigenvalue weighted by molar-refractivity contribution is -0.146. The summed E-state index contributed by atoms with van der Waals surface area (Å²) in [5.41, 5.74) is 0.702. The molecular formula is C23H25F2N3O2S. The number of hydrogen-bond acceptors (Lipinski definition) is 4. The molecule has 1 aromatic carbocycles. The molecule has 31 heavy (non-hydrogen) atoms. The van der Waals surface area contributed by atoms with Gasteiger partial charge >= 0.3 is 0 Å². The molecule has 4 fully saturated rings. The van der Waals surface area contributed by atoms with Gasteiger partial charge in [0.25, 0.3) is 0 Å². The van der Waals surface area contributed by atoms with Gasteiger partial charge < -0.3 is 10.6 Å². The molecule has 2 N–H and O–H groups in total. The van der Waals surface area contributed by atoms with E-state index in [2.05, 4.69) is 15.6 Å². The van der Waals surface area contributed by atoms with Gasteiger partial charge in [0.15, 0.2) is 16.8 Å². The van der Waals surface area contributed by atoms with Gasteiger partial charge in [-0.15, -0.1) is 11.3 Å². The zero-order chi connectivity index (χ0) is 21.6.